The van der Waals surface area contributed by atoms with Gasteiger partial charge in [0.2, 0.25) is 0 Å². The maximum Gasteiger partial charge on any atom is 0.410 e. The number of fused-ring (bicyclic) bond motifs is 2. The number of carbonyl (C=O) groups excluding carboxylic acids is 2. The van der Waals surface area contributed by atoms with E-state index in [9.17, 15) is 9.59 Å². The topological polar surface area (TPSA) is 92.6 Å². The van der Waals surface area contributed by atoms with Crippen molar-refractivity contribution in [1.82, 2.24) is 19.4 Å². The van der Waals surface area contributed by atoms with Crippen LogP contribution in [0.5, 0.6) is 0 Å². The van der Waals surface area contributed by atoms with Gasteiger partial charge >= 0.3 is 6.09 Å². The summed E-state index contributed by atoms with van der Waals surface area (Å²) in [5.74, 6) is -0.329. The summed E-state index contributed by atoms with van der Waals surface area (Å²) in [4.78, 5) is 39.5. The number of nitrogens with one attached hydrogen (secondary N) is 1. The van der Waals surface area contributed by atoms with Crippen LogP contribution in [0.2, 0.25) is 0 Å². The number of benzene rings is 1. The molecule has 9 heteroatoms. The number of hydrogen-bond acceptors (Lipinski definition) is 5. The Balaban J connectivity index is 1.44. The third-order valence-electron chi connectivity index (χ3n) is 5.60. The van der Waals surface area contributed by atoms with Crippen molar-refractivity contribution in [2.24, 2.45) is 4.99 Å². The molecule has 1 aromatic carbocycles. The first-order chi connectivity index (χ1) is 16.3. The van der Waals surface area contributed by atoms with Gasteiger partial charge < -0.3 is 14.6 Å². The summed E-state index contributed by atoms with van der Waals surface area (Å²) in [7, 11) is 0. The van der Waals surface area contributed by atoms with Crippen molar-refractivity contribution in [3.05, 3.63) is 75.8 Å². The van der Waals surface area contributed by atoms with E-state index in [0.717, 1.165) is 23.1 Å². The van der Waals surface area contributed by atoms with Gasteiger partial charge in [-0.05, 0) is 62.6 Å². The second-order valence-electron chi connectivity index (χ2n) is 9.18. The first-order valence-corrected chi connectivity index (χ1v) is 11.9. The molecule has 0 saturated carbocycles. The van der Waals surface area contributed by atoms with Gasteiger partial charge in [0.25, 0.3) is 5.91 Å². The van der Waals surface area contributed by atoms with Gasteiger partial charge in [0, 0.05) is 48.1 Å². The zero-order valence-electron chi connectivity index (χ0n) is 19.2. The molecule has 34 heavy (non-hydrogen) atoms. The van der Waals surface area contributed by atoms with Crippen molar-refractivity contribution in [3.63, 3.8) is 0 Å². The highest BCUT2D eigenvalue weighted by molar-refractivity contribution is 7.07. The lowest BCUT2D eigenvalue weighted by Crippen LogP contribution is -2.39. The van der Waals surface area contributed by atoms with E-state index < -0.39 is 5.60 Å². The lowest BCUT2D eigenvalue weighted by molar-refractivity contribution is 0.0224. The standard InChI is InChI=1S/C25H25N5O3S/c1-25(2,3)33-24(32)29-10-8-16-6-7-18(13-17(16)15-29)30-11-12-34-23(30)28-22(31)20-14-27-21-19(20)5-4-9-26-21/h4-7,9,11-14H,8,10,15H2,1-3H3,(H,26,27). The number of rotatable bonds is 2. The second kappa shape index (κ2) is 8.57. The normalized spacial score (nSPS) is 14.3. The summed E-state index contributed by atoms with van der Waals surface area (Å²) >= 11 is 1.39. The van der Waals surface area contributed by atoms with Crippen LogP contribution < -0.4 is 4.80 Å². The molecule has 0 spiro atoms. The summed E-state index contributed by atoms with van der Waals surface area (Å²) in [5, 5.41) is 2.64. The molecule has 5 rings (SSSR count). The Morgan fingerprint density at radius 2 is 2.06 bits per heavy atom. The van der Waals surface area contributed by atoms with E-state index >= 15 is 0 Å². The molecule has 0 atom stereocenters. The lowest BCUT2D eigenvalue weighted by Gasteiger charge is -2.31. The molecular formula is C25H25N5O3S. The van der Waals surface area contributed by atoms with E-state index in [1.807, 2.05) is 49.0 Å². The third-order valence-corrected chi connectivity index (χ3v) is 6.36. The summed E-state index contributed by atoms with van der Waals surface area (Å²) in [6.07, 6.45) is 5.68. The second-order valence-corrected chi connectivity index (χ2v) is 10.1. The first kappa shape index (κ1) is 22.1. The number of pyridine rings is 1. The van der Waals surface area contributed by atoms with E-state index in [0.29, 0.717) is 29.1 Å². The molecule has 4 aromatic rings. The van der Waals surface area contributed by atoms with Crippen LogP contribution in [0.4, 0.5) is 4.79 Å². The van der Waals surface area contributed by atoms with Gasteiger partial charge in [0.1, 0.15) is 11.2 Å². The van der Waals surface area contributed by atoms with Crippen LogP contribution in [0.1, 0.15) is 42.3 Å². The molecule has 8 nitrogen and oxygen atoms in total. The number of aromatic amines is 1. The molecule has 4 heterocycles. The van der Waals surface area contributed by atoms with Gasteiger partial charge in [-0.2, -0.15) is 4.99 Å². The average molecular weight is 476 g/mol. The molecule has 1 aliphatic rings. The zero-order valence-corrected chi connectivity index (χ0v) is 20.1. The molecule has 0 bridgehead atoms. The van der Waals surface area contributed by atoms with Crippen LogP contribution in [0, 0.1) is 0 Å². The van der Waals surface area contributed by atoms with Crippen molar-refractivity contribution in [1.29, 1.82) is 0 Å². The van der Waals surface area contributed by atoms with Gasteiger partial charge in [-0.1, -0.05) is 6.07 Å². The molecule has 0 unspecified atom stereocenters. The fourth-order valence-corrected chi connectivity index (χ4v) is 4.72. The van der Waals surface area contributed by atoms with Crippen molar-refractivity contribution < 1.29 is 14.3 Å². The van der Waals surface area contributed by atoms with Crippen LogP contribution in [0.3, 0.4) is 0 Å². The molecule has 2 amide bonds. The fourth-order valence-electron chi connectivity index (χ4n) is 4.01. The highest BCUT2D eigenvalue weighted by atomic mass is 32.1. The van der Waals surface area contributed by atoms with Crippen molar-refractivity contribution in [2.45, 2.75) is 39.3 Å². The Labute approximate surface area is 200 Å². The van der Waals surface area contributed by atoms with E-state index in [1.165, 1.54) is 16.9 Å². The predicted octanol–water partition coefficient (Wildman–Crippen LogP) is 4.45. The monoisotopic (exact) mass is 475 g/mol. The van der Waals surface area contributed by atoms with E-state index in [1.54, 1.807) is 23.4 Å². The summed E-state index contributed by atoms with van der Waals surface area (Å²) in [6, 6.07) is 9.81. The highest BCUT2D eigenvalue weighted by Crippen LogP contribution is 2.24. The minimum absolute atomic E-state index is 0.304. The van der Waals surface area contributed by atoms with Crippen LogP contribution in [-0.2, 0) is 17.7 Å². The molecule has 3 aromatic heterocycles. The van der Waals surface area contributed by atoms with E-state index in [4.69, 9.17) is 4.74 Å². The molecule has 0 fully saturated rings. The third kappa shape index (κ3) is 4.38. The fraction of sp³-hybridized carbons (Fsp3) is 0.280. The molecule has 174 valence electrons. The Morgan fingerprint density at radius 1 is 1.21 bits per heavy atom. The van der Waals surface area contributed by atoms with E-state index in [-0.39, 0.29) is 12.0 Å². The number of hydrogen-bond donors (Lipinski definition) is 1. The molecule has 0 saturated heterocycles. The number of ether oxygens (including phenoxy) is 1. The Bertz CT molecular complexity index is 1460. The maximum atomic E-state index is 13.0. The molecule has 0 radical (unpaired) electrons. The van der Waals surface area contributed by atoms with Gasteiger partial charge in [0.05, 0.1) is 5.56 Å². The predicted molar refractivity (Wildman–Crippen MR) is 130 cm³/mol. The van der Waals surface area contributed by atoms with Crippen LogP contribution in [0.15, 0.2) is 59.3 Å². The van der Waals surface area contributed by atoms with Crippen molar-refractivity contribution >= 4 is 34.4 Å². The molecule has 1 N–H and O–H groups in total. The SMILES string of the molecule is CC(C)(C)OC(=O)N1CCc2ccc(-n3ccsc3=NC(=O)c3c[nH]c4ncccc34)cc2C1. The largest absolute Gasteiger partial charge is 0.444 e. The number of carbonyl (C=O) groups is 2. The summed E-state index contributed by atoms with van der Waals surface area (Å²) in [5.41, 5.74) is 3.77. The Hall–Kier alpha value is -3.72. The van der Waals surface area contributed by atoms with Gasteiger partial charge in [-0.15, -0.1) is 11.3 Å². The zero-order chi connectivity index (χ0) is 23.9. The van der Waals surface area contributed by atoms with Crippen molar-refractivity contribution in [2.75, 3.05) is 6.54 Å². The molecular weight excluding hydrogens is 450 g/mol. The van der Waals surface area contributed by atoms with Crippen LogP contribution in [0.25, 0.3) is 16.7 Å². The highest BCUT2D eigenvalue weighted by Gasteiger charge is 2.26. The number of nitrogens with zero attached hydrogens (tertiary/aromatic N) is 4. The number of aromatic nitrogens is 3. The van der Waals surface area contributed by atoms with Gasteiger partial charge in [-0.25, -0.2) is 9.78 Å². The number of thiazole rings is 1. The Kier molecular flexibility index (Phi) is 5.57. The summed E-state index contributed by atoms with van der Waals surface area (Å²) < 4.78 is 7.44. The van der Waals surface area contributed by atoms with Gasteiger partial charge in [0.15, 0.2) is 4.80 Å². The quantitative estimate of drug-likeness (QED) is 0.464. The Morgan fingerprint density at radius 3 is 2.88 bits per heavy atom. The average Bonchev–Trinajstić information content (AvgIpc) is 3.44. The van der Waals surface area contributed by atoms with Crippen LogP contribution >= 0.6 is 11.3 Å². The number of amides is 2. The molecule has 0 aliphatic carbocycles. The molecule has 1 aliphatic heterocycles. The van der Waals surface area contributed by atoms with E-state index in [2.05, 4.69) is 27.1 Å². The minimum Gasteiger partial charge on any atom is -0.444 e. The lowest BCUT2D eigenvalue weighted by atomic mass is 9.99. The minimum atomic E-state index is -0.532. The summed E-state index contributed by atoms with van der Waals surface area (Å²) in [6.45, 7) is 6.71. The maximum absolute atomic E-state index is 13.0. The smallest absolute Gasteiger partial charge is 0.410 e. The first-order valence-electron chi connectivity index (χ1n) is 11.1. The number of H-pyrrole nitrogens is 1. The van der Waals surface area contributed by atoms with Crippen LogP contribution in [-0.4, -0.2) is 43.6 Å². The van der Waals surface area contributed by atoms with Gasteiger partial charge in [-0.3, -0.25) is 9.36 Å². The van der Waals surface area contributed by atoms with Crippen molar-refractivity contribution in [3.8, 4) is 5.69 Å².